The van der Waals surface area contributed by atoms with Crippen LogP contribution in [0.5, 0.6) is 0 Å². The van der Waals surface area contributed by atoms with Gasteiger partial charge in [0, 0.05) is 19.3 Å². The van der Waals surface area contributed by atoms with E-state index in [2.05, 4.69) is 12.2 Å². The molecule has 1 aromatic carbocycles. The van der Waals surface area contributed by atoms with Crippen molar-refractivity contribution < 1.29 is 4.74 Å². The summed E-state index contributed by atoms with van der Waals surface area (Å²) in [6.07, 6.45) is 2.07. The highest BCUT2D eigenvalue weighted by Gasteiger charge is 2.11. The quantitative estimate of drug-likeness (QED) is 0.714. The second-order valence-electron chi connectivity index (χ2n) is 4.12. The van der Waals surface area contributed by atoms with Crippen molar-refractivity contribution in [1.82, 2.24) is 5.32 Å². The van der Waals surface area contributed by atoms with Crippen molar-refractivity contribution in [2.75, 3.05) is 19.8 Å². The van der Waals surface area contributed by atoms with Crippen LogP contribution < -0.4 is 5.32 Å². The van der Waals surface area contributed by atoms with Crippen LogP contribution in [-0.2, 0) is 4.74 Å². The molecule has 1 rings (SSSR count). The van der Waals surface area contributed by atoms with E-state index >= 15 is 0 Å². The summed E-state index contributed by atoms with van der Waals surface area (Å²) in [5, 5.41) is 4.68. The Kier molecular flexibility index (Phi) is 7.68. The van der Waals surface area contributed by atoms with Gasteiger partial charge in [-0.05, 0) is 44.0 Å². The fourth-order valence-corrected chi connectivity index (χ4v) is 2.20. The number of hydrogen-bond acceptors (Lipinski definition) is 2. The molecule has 1 N–H and O–H groups in total. The van der Waals surface area contributed by atoms with E-state index in [0.29, 0.717) is 16.1 Å². The third-order valence-corrected chi connectivity index (χ3v) is 3.52. The minimum atomic E-state index is 0.310. The van der Waals surface area contributed by atoms with Gasteiger partial charge in [-0.3, -0.25) is 0 Å². The highest BCUT2D eigenvalue weighted by atomic mass is 35.5. The molecular weight excluding hydrogens is 269 g/mol. The molecule has 0 fully saturated rings. The van der Waals surface area contributed by atoms with Gasteiger partial charge in [0.05, 0.1) is 10.0 Å². The van der Waals surface area contributed by atoms with Crippen LogP contribution in [0.3, 0.4) is 0 Å². The molecule has 0 amide bonds. The second kappa shape index (κ2) is 8.76. The normalized spacial score (nSPS) is 12.7. The summed E-state index contributed by atoms with van der Waals surface area (Å²) in [4.78, 5) is 0. The summed E-state index contributed by atoms with van der Waals surface area (Å²) in [7, 11) is 0. The Hall–Kier alpha value is -0.280. The molecule has 0 aliphatic carbocycles. The molecule has 102 valence electrons. The van der Waals surface area contributed by atoms with E-state index < -0.39 is 0 Å². The SMILES string of the molecule is CCNC(CCCOCC)c1ccc(Cl)c(Cl)c1. The summed E-state index contributed by atoms with van der Waals surface area (Å²) < 4.78 is 5.37. The molecule has 0 radical (unpaired) electrons. The topological polar surface area (TPSA) is 21.3 Å². The Bertz CT molecular complexity index is 358. The molecule has 2 nitrogen and oxygen atoms in total. The highest BCUT2D eigenvalue weighted by Crippen LogP contribution is 2.27. The van der Waals surface area contributed by atoms with Gasteiger partial charge in [-0.2, -0.15) is 0 Å². The zero-order valence-corrected chi connectivity index (χ0v) is 12.5. The predicted molar refractivity (Wildman–Crippen MR) is 78.6 cm³/mol. The third-order valence-electron chi connectivity index (χ3n) is 2.78. The molecule has 0 heterocycles. The monoisotopic (exact) mass is 289 g/mol. The number of hydrogen-bond donors (Lipinski definition) is 1. The molecule has 0 aliphatic heterocycles. The summed E-state index contributed by atoms with van der Waals surface area (Å²) in [6.45, 7) is 6.63. The molecule has 18 heavy (non-hydrogen) atoms. The van der Waals surface area contributed by atoms with E-state index in [9.17, 15) is 0 Å². The number of rotatable bonds is 8. The van der Waals surface area contributed by atoms with Crippen molar-refractivity contribution in [1.29, 1.82) is 0 Å². The van der Waals surface area contributed by atoms with Gasteiger partial charge in [0.25, 0.3) is 0 Å². The summed E-state index contributed by atoms with van der Waals surface area (Å²) >= 11 is 12.0. The molecule has 1 aromatic rings. The van der Waals surface area contributed by atoms with Gasteiger partial charge >= 0.3 is 0 Å². The number of nitrogens with one attached hydrogen (secondary N) is 1. The number of halogens is 2. The second-order valence-corrected chi connectivity index (χ2v) is 4.94. The molecule has 4 heteroatoms. The maximum Gasteiger partial charge on any atom is 0.0595 e. The van der Waals surface area contributed by atoms with Gasteiger partial charge in [0.2, 0.25) is 0 Å². The fraction of sp³-hybridized carbons (Fsp3) is 0.571. The Morgan fingerprint density at radius 1 is 1.22 bits per heavy atom. The van der Waals surface area contributed by atoms with Gasteiger partial charge in [-0.1, -0.05) is 36.2 Å². The molecule has 0 bridgehead atoms. The van der Waals surface area contributed by atoms with Crippen LogP contribution in [0.1, 0.15) is 38.3 Å². The molecule has 0 aromatic heterocycles. The first-order valence-corrected chi connectivity index (χ1v) is 7.20. The molecule has 1 unspecified atom stereocenters. The Balaban J connectivity index is 2.61. The first-order chi connectivity index (χ1) is 8.69. The van der Waals surface area contributed by atoms with E-state index in [1.165, 1.54) is 5.56 Å². The maximum absolute atomic E-state index is 6.06. The third kappa shape index (κ3) is 5.15. The van der Waals surface area contributed by atoms with Gasteiger partial charge < -0.3 is 10.1 Å². The lowest BCUT2D eigenvalue weighted by Gasteiger charge is -2.18. The van der Waals surface area contributed by atoms with Crippen LogP contribution in [0.4, 0.5) is 0 Å². The average molecular weight is 290 g/mol. The molecule has 0 spiro atoms. The van der Waals surface area contributed by atoms with Crippen LogP contribution in [0.2, 0.25) is 10.0 Å². The van der Waals surface area contributed by atoms with Gasteiger partial charge in [0.1, 0.15) is 0 Å². The summed E-state index contributed by atoms with van der Waals surface area (Å²) in [5.41, 5.74) is 1.18. The first kappa shape index (κ1) is 15.8. The van der Waals surface area contributed by atoms with E-state index in [4.69, 9.17) is 27.9 Å². The molecule has 1 atom stereocenters. The fourth-order valence-electron chi connectivity index (χ4n) is 1.90. The van der Waals surface area contributed by atoms with Gasteiger partial charge in [-0.25, -0.2) is 0 Å². The molecule has 0 saturated carbocycles. The first-order valence-electron chi connectivity index (χ1n) is 6.45. The van der Waals surface area contributed by atoms with Crippen LogP contribution in [0.25, 0.3) is 0 Å². The van der Waals surface area contributed by atoms with E-state index in [0.717, 1.165) is 32.6 Å². The van der Waals surface area contributed by atoms with Crippen molar-refractivity contribution in [2.45, 2.75) is 32.7 Å². The van der Waals surface area contributed by atoms with Crippen LogP contribution in [0.15, 0.2) is 18.2 Å². The predicted octanol–water partition coefficient (Wildman–Crippen LogP) is 4.46. The van der Waals surface area contributed by atoms with Crippen LogP contribution in [-0.4, -0.2) is 19.8 Å². The van der Waals surface area contributed by atoms with Gasteiger partial charge in [-0.15, -0.1) is 0 Å². The van der Waals surface area contributed by atoms with Crippen molar-refractivity contribution >= 4 is 23.2 Å². The zero-order chi connectivity index (χ0) is 13.4. The van der Waals surface area contributed by atoms with Crippen LogP contribution in [0, 0.1) is 0 Å². The Labute approximate surface area is 120 Å². The average Bonchev–Trinajstić information content (AvgIpc) is 2.37. The van der Waals surface area contributed by atoms with E-state index in [1.807, 2.05) is 25.1 Å². The Morgan fingerprint density at radius 2 is 2.00 bits per heavy atom. The molecule has 0 saturated heterocycles. The van der Waals surface area contributed by atoms with Crippen molar-refractivity contribution in [3.63, 3.8) is 0 Å². The lowest BCUT2D eigenvalue weighted by molar-refractivity contribution is 0.141. The number of benzene rings is 1. The minimum absolute atomic E-state index is 0.310. The molecule has 0 aliphatic rings. The van der Waals surface area contributed by atoms with Crippen molar-refractivity contribution in [3.8, 4) is 0 Å². The number of ether oxygens (including phenoxy) is 1. The lowest BCUT2D eigenvalue weighted by atomic mass is 10.0. The summed E-state index contributed by atoms with van der Waals surface area (Å²) in [6, 6.07) is 6.14. The van der Waals surface area contributed by atoms with Crippen molar-refractivity contribution in [2.24, 2.45) is 0 Å². The smallest absolute Gasteiger partial charge is 0.0595 e. The minimum Gasteiger partial charge on any atom is -0.382 e. The summed E-state index contributed by atoms with van der Waals surface area (Å²) in [5.74, 6) is 0. The van der Waals surface area contributed by atoms with Gasteiger partial charge in [0.15, 0.2) is 0 Å². The van der Waals surface area contributed by atoms with Crippen LogP contribution >= 0.6 is 23.2 Å². The zero-order valence-electron chi connectivity index (χ0n) is 11.0. The van der Waals surface area contributed by atoms with E-state index in [1.54, 1.807) is 0 Å². The lowest BCUT2D eigenvalue weighted by Crippen LogP contribution is -2.21. The maximum atomic E-state index is 6.06. The molecular formula is C14H21Cl2NO. The largest absolute Gasteiger partial charge is 0.382 e. The standard InChI is InChI=1S/C14H21Cl2NO/c1-3-17-14(6-5-9-18-4-2)11-7-8-12(15)13(16)10-11/h7-8,10,14,17H,3-6,9H2,1-2H3. The highest BCUT2D eigenvalue weighted by molar-refractivity contribution is 6.42. The Morgan fingerprint density at radius 3 is 2.61 bits per heavy atom. The van der Waals surface area contributed by atoms with Crippen molar-refractivity contribution in [3.05, 3.63) is 33.8 Å². The van der Waals surface area contributed by atoms with E-state index in [-0.39, 0.29) is 0 Å².